The lowest BCUT2D eigenvalue weighted by Gasteiger charge is -2.34. The summed E-state index contributed by atoms with van der Waals surface area (Å²) in [7, 11) is 0. The van der Waals surface area contributed by atoms with Gasteiger partial charge < -0.3 is 5.11 Å². The Morgan fingerprint density at radius 2 is 1.90 bits per heavy atom. The monoisotopic (exact) mass is 281 g/mol. The van der Waals surface area contributed by atoms with Gasteiger partial charge >= 0.3 is 5.97 Å². The van der Waals surface area contributed by atoms with Crippen LogP contribution in [-0.4, -0.2) is 22.5 Å². The summed E-state index contributed by atoms with van der Waals surface area (Å²) in [5, 5.41) is 9.64. The summed E-state index contributed by atoms with van der Waals surface area (Å²) in [5.41, 5.74) is 4.47. The number of carboxylic acid groups (broad SMARTS) is 1. The number of aliphatic carboxylic acids is 1. The lowest BCUT2D eigenvalue weighted by Crippen LogP contribution is -2.39. The molecule has 1 heterocycles. The van der Waals surface area contributed by atoms with Gasteiger partial charge in [0, 0.05) is 13.1 Å². The number of hydrogen-bond acceptors (Lipinski definition) is 2. The van der Waals surface area contributed by atoms with Crippen LogP contribution in [0.4, 0.5) is 0 Å². The lowest BCUT2D eigenvalue weighted by molar-refractivity contribution is -0.144. The van der Waals surface area contributed by atoms with E-state index in [1.165, 1.54) is 5.56 Å². The van der Waals surface area contributed by atoms with E-state index in [4.69, 9.17) is 0 Å². The highest BCUT2D eigenvalue weighted by atomic mass is 16.4. The van der Waals surface area contributed by atoms with E-state index in [9.17, 15) is 9.90 Å². The Balaban J connectivity index is 1.88. The number of aryl methyl sites for hydroxylation is 1. The van der Waals surface area contributed by atoms with Crippen LogP contribution in [0.1, 0.15) is 28.3 Å². The first-order valence-corrected chi connectivity index (χ1v) is 7.25. The Kier molecular flexibility index (Phi) is 3.76. The Bertz CT molecular complexity index is 649. The summed E-state index contributed by atoms with van der Waals surface area (Å²) in [5.74, 6) is -0.769. The smallest absolute Gasteiger partial charge is 0.325 e. The second-order valence-electron chi connectivity index (χ2n) is 5.65. The van der Waals surface area contributed by atoms with Crippen LogP contribution in [0.5, 0.6) is 0 Å². The molecule has 0 bridgehead atoms. The van der Waals surface area contributed by atoms with Gasteiger partial charge in [-0.05, 0) is 30.0 Å². The van der Waals surface area contributed by atoms with Gasteiger partial charge in [0.15, 0.2) is 0 Å². The Morgan fingerprint density at radius 3 is 2.62 bits per heavy atom. The van der Waals surface area contributed by atoms with E-state index in [0.717, 1.165) is 29.7 Å². The molecule has 1 aliphatic heterocycles. The first kappa shape index (κ1) is 13.8. The summed E-state index contributed by atoms with van der Waals surface area (Å²) in [6.45, 7) is 3.51. The number of rotatable bonds is 3. The molecule has 3 heteroatoms. The maximum Gasteiger partial charge on any atom is 0.325 e. The van der Waals surface area contributed by atoms with Crippen molar-refractivity contribution in [2.75, 3.05) is 6.54 Å². The highest BCUT2D eigenvalue weighted by Gasteiger charge is 2.32. The molecular weight excluding hydrogens is 262 g/mol. The number of carbonyl (C=O) groups is 1. The second-order valence-corrected chi connectivity index (χ2v) is 5.65. The van der Waals surface area contributed by atoms with E-state index >= 15 is 0 Å². The predicted octanol–water partition coefficient (Wildman–Crippen LogP) is 3.18. The normalized spacial score (nSPS) is 18.2. The van der Waals surface area contributed by atoms with Crippen molar-refractivity contribution in [1.82, 2.24) is 4.90 Å². The van der Waals surface area contributed by atoms with Crippen LogP contribution in [-0.2, 0) is 17.8 Å². The minimum atomic E-state index is -0.769. The van der Waals surface area contributed by atoms with Crippen LogP contribution in [0, 0.1) is 6.92 Å². The van der Waals surface area contributed by atoms with Crippen molar-refractivity contribution in [1.29, 1.82) is 0 Å². The van der Waals surface area contributed by atoms with Crippen LogP contribution in [0.3, 0.4) is 0 Å². The van der Waals surface area contributed by atoms with E-state index in [2.05, 4.69) is 36.1 Å². The molecule has 0 amide bonds. The summed E-state index contributed by atoms with van der Waals surface area (Å²) in [4.78, 5) is 13.8. The molecule has 108 valence electrons. The van der Waals surface area contributed by atoms with Gasteiger partial charge in [0.2, 0.25) is 0 Å². The standard InChI is InChI=1S/C18H19NO2/c1-13-6-8-14(9-7-13)12-19-11-10-15-4-2-3-5-16(15)17(19)18(20)21/h2-9,17H,10-12H2,1H3,(H,20,21). The Morgan fingerprint density at radius 1 is 1.19 bits per heavy atom. The third-order valence-corrected chi connectivity index (χ3v) is 4.12. The van der Waals surface area contributed by atoms with Gasteiger partial charge in [0.1, 0.15) is 6.04 Å². The molecule has 2 aromatic rings. The second kappa shape index (κ2) is 5.70. The number of hydrogen-bond donors (Lipinski definition) is 1. The summed E-state index contributed by atoms with van der Waals surface area (Å²) in [6.07, 6.45) is 0.909. The van der Waals surface area contributed by atoms with Gasteiger partial charge in [-0.3, -0.25) is 9.69 Å². The van der Waals surface area contributed by atoms with E-state index in [0.29, 0.717) is 6.54 Å². The third-order valence-electron chi connectivity index (χ3n) is 4.12. The van der Waals surface area contributed by atoms with Crippen molar-refractivity contribution in [2.45, 2.75) is 25.9 Å². The molecule has 2 aromatic carbocycles. The molecule has 0 aliphatic carbocycles. The van der Waals surface area contributed by atoms with Crippen LogP contribution >= 0.6 is 0 Å². The topological polar surface area (TPSA) is 40.5 Å². The molecular formula is C18H19NO2. The molecule has 21 heavy (non-hydrogen) atoms. The molecule has 3 rings (SSSR count). The Hall–Kier alpha value is -2.13. The summed E-state index contributed by atoms with van der Waals surface area (Å²) >= 11 is 0. The van der Waals surface area contributed by atoms with Crippen molar-refractivity contribution >= 4 is 5.97 Å². The average Bonchev–Trinajstić information content (AvgIpc) is 2.49. The number of fused-ring (bicyclic) bond motifs is 1. The highest BCUT2D eigenvalue weighted by molar-refractivity contribution is 5.76. The van der Waals surface area contributed by atoms with Crippen molar-refractivity contribution in [2.24, 2.45) is 0 Å². The van der Waals surface area contributed by atoms with Gasteiger partial charge in [0.25, 0.3) is 0 Å². The number of benzene rings is 2. The molecule has 0 saturated heterocycles. The minimum Gasteiger partial charge on any atom is -0.480 e. The van der Waals surface area contributed by atoms with Gasteiger partial charge in [-0.25, -0.2) is 0 Å². The summed E-state index contributed by atoms with van der Waals surface area (Å²) < 4.78 is 0. The van der Waals surface area contributed by atoms with Crippen LogP contribution in [0.2, 0.25) is 0 Å². The highest BCUT2D eigenvalue weighted by Crippen LogP contribution is 2.31. The zero-order chi connectivity index (χ0) is 14.8. The van der Waals surface area contributed by atoms with Gasteiger partial charge in [-0.15, -0.1) is 0 Å². The van der Waals surface area contributed by atoms with Crippen LogP contribution in [0.15, 0.2) is 48.5 Å². The van der Waals surface area contributed by atoms with Crippen LogP contribution < -0.4 is 0 Å². The fraction of sp³-hybridized carbons (Fsp3) is 0.278. The molecule has 0 radical (unpaired) electrons. The molecule has 0 aromatic heterocycles. The van der Waals surface area contributed by atoms with E-state index in [1.54, 1.807) is 0 Å². The number of nitrogens with zero attached hydrogens (tertiary/aromatic N) is 1. The largest absolute Gasteiger partial charge is 0.480 e. The minimum absolute atomic E-state index is 0.545. The van der Waals surface area contributed by atoms with Gasteiger partial charge in [0.05, 0.1) is 0 Å². The van der Waals surface area contributed by atoms with Crippen molar-refractivity contribution in [3.05, 3.63) is 70.8 Å². The quantitative estimate of drug-likeness (QED) is 0.939. The van der Waals surface area contributed by atoms with E-state index in [-0.39, 0.29) is 0 Å². The molecule has 1 N–H and O–H groups in total. The molecule has 1 aliphatic rings. The fourth-order valence-electron chi connectivity index (χ4n) is 3.01. The first-order valence-electron chi connectivity index (χ1n) is 7.25. The summed E-state index contributed by atoms with van der Waals surface area (Å²) in [6, 6.07) is 15.6. The van der Waals surface area contributed by atoms with Gasteiger partial charge in [-0.1, -0.05) is 54.1 Å². The van der Waals surface area contributed by atoms with Crippen LogP contribution in [0.25, 0.3) is 0 Å². The van der Waals surface area contributed by atoms with Crippen molar-refractivity contribution in [3.63, 3.8) is 0 Å². The zero-order valence-corrected chi connectivity index (χ0v) is 12.1. The zero-order valence-electron chi connectivity index (χ0n) is 12.1. The predicted molar refractivity (Wildman–Crippen MR) is 82.1 cm³/mol. The fourth-order valence-corrected chi connectivity index (χ4v) is 3.01. The maximum atomic E-state index is 11.7. The average molecular weight is 281 g/mol. The number of carboxylic acids is 1. The molecule has 0 fully saturated rings. The van der Waals surface area contributed by atoms with E-state index < -0.39 is 12.0 Å². The molecule has 3 nitrogen and oxygen atoms in total. The SMILES string of the molecule is Cc1ccc(CN2CCc3ccccc3C2C(=O)O)cc1. The molecule has 1 unspecified atom stereocenters. The Labute approximate surface area is 124 Å². The third kappa shape index (κ3) is 2.83. The van der Waals surface area contributed by atoms with Crippen molar-refractivity contribution < 1.29 is 9.90 Å². The first-order chi connectivity index (χ1) is 10.1. The van der Waals surface area contributed by atoms with Crippen molar-refractivity contribution in [3.8, 4) is 0 Å². The molecule has 0 spiro atoms. The van der Waals surface area contributed by atoms with E-state index in [1.807, 2.05) is 24.3 Å². The maximum absolute atomic E-state index is 11.7. The molecule has 1 atom stereocenters. The van der Waals surface area contributed by atoms with Gasteiger partial charge in [-0.2, -0.15) is 0 Å². The lowest BCUT2D eigenvalue weighted by atomic mass is 9.92. The molecule has 0 saturated carbocycles.